The molecule has 1 rings (SSSR count). The van der Waals surface area contributed by atoms with E-state index in [9.17, 15) is 9.90 Å². The first-order valence-corrected chi connectivity index (χ1v) is 6.76. The van der Waals surface area contributed by atoms with E-state index in [4.69, 9.17) is 11.6 Å². The van der Waals surface area contributed by atoms with Crippen LogP contribution < -0.4 is 0 Å². The van der Waals surface area contributed by atoms with Gasteiger partial charge >= 0.3 is 0 Å². The fraction of sp³-hybridized carbons (Fsp3) is 0.500. The van der Waals surface area contributed by atoms with Gasteiger partial charge in [0.05, 0.1) is 10.6 Å². The molecule has 19 heavy (non-hydrogen) atoms. The first-order chi connectivity index (χ1) is 8.95. The third-order valence-corrected chi connectivity index (χ3v) is 3.21. The third kappa shape index (κ3) is 4.73. The van der Waals surface area contributed by atoms with Crippen LogP contribution in [0.3, 0.4) is 0 Å². The van der Waals surface area contributed by atoms with Gasteiger partial charge in [-0.1, -0.05) is 11.6 Å². The van der Waals surface area contributed by atoms with Gasteiger partial charge in [-0.2, -0.15) is 0 Å². The summed E-state index contributed by atoms with van der Waals surface area (Å²) < 4.78 is 0. The number of phenols is 1. The molecule has 0 saturated carbocycles. The van der Waals surface area contributed by atoms with Crippen LogP contribution in [0.1, 0.15) is 23.7 Å². The normalized spacial score (nSPS) is 10.8. The number of amides is 1. The molecule has 0 aliphatic heterocycles. The number of benzene rings is 1. The van der Waals surface area contributed by atoms with Crippen LogP contribution in [0.4, 0.5) is 0 Å². The van der Waals surface area contributed by atoms with Crippen LogP contribution in [0.2, 0.25) is 5.02 Å². The molecule has 1 amide bonds. The highest BCUT2D eigenvalue weighted by Gasteiger charge is 2.17. The van der Waals surface area contributed by atoms with Gasteiger partial charge in [0.15, 0.2) is 0 Å². The number of phenolic OH excluding ortho intramolecular Hbond substituents is 1. The summed E-state index contributed by atoms with van der Waals surface area (Å²) in [6.45, 7) is 4.17. The molecule has 0 atom stereocenters. The van der Waals surface area contributed by atoms with E-state index in [1.54, 1.807) is 4.90 Å². The minimum absolute atomic E-state index is 0.0529. The Balaban J connectivity index is 2.75. The average Bonchev–Trinajstić information content (AvgIpc) is 2.36. The zero-order chi connectivity index (χ0) is 14.4. The van der Waals surface area contributed by atoms with E-state index in [-0.39, 0.29) is 11.7 Å². The maximum absolute atomic E-state index is 12.3. The average molecular weight is 285 g/mol. The number of rotatable bonds is 6. The Bertz CT molecular complexity index is 435. The van der Waals surface area contributed by atoms with Gasteiger partial charge in [0.1, 0.15) is 5.75 Å². The molecule has 0 aliphatic rings. The summed E-state index contributed by atoms with van der Waals surface area (Å²) in [6.07, 6.45) is 0.906. The molecule has 0 saturated heterocycles. The molecule has 0 aliphatic carbocycles. The molecular formula is C14H21ClN2O2. The van der Waals surface area contributed by atoms with Crippen molar-refractivity contribution < 1.29 is 9.90 Å². The fourth-order valence-corrected chi connectivity index (χ4v) is 2.03. The molecule has 1 N–H and O–H groups in total. The number of aromatic hydroxyl groups is 1. The van der Waals surface area contributed by atoms with Crippen molar-refractivity contribution in [1.29, 1.82) is 0 Å². The van der Waals surface area contributed by atoms with Crippen molar-refractivity contribution in [2.24, 2.45) is 0 Å². The number of hydrogen-bond donors (Lipinski definition) is 1. The molecular weight excluding hydrogens is 264 g/mol. The predicted octanol–water partition coefficient (Wildman–Crippen LogP) is 2.46. The molecule has 0 aromatic heterocycles. The van der Waals surface area contributed by atoms with Crippen LogP contribution in [-0.2, 0) is 0 Å². The van der Waals surface area contributed by atoms with Crippen LogP contribution in [-0.4, -0.2) is 54.5 Å². The monoisotopic (exact) mass is 284 g/mol. The van der Waals surface area contributed by atoms with Crippen molar-refractivity contribution in [2.45, 2.75) is 13.3 Å². The van der Waals surface area contributed by atoms with Crippen molar-refractivity contribution in [3.8, 4) is 5.75 Å². The number of halogens is 1. The first kappa shape index (κ1) is 15.8. The van der Waals surface area contributed by atoms with Crippen molar-refractivity contribution >= 4 is 17.5 Å². The van der Waals surface area contributed by atoms with Crippen molar-refractivity contribution in [1.82, 2.24) is 9.80 Å². The lowest BCUT2D eigenvalue weighted by Crippen LogP contribution is -2.33. The van der Waals surface area contributed by atoms with Gasteiger partial charge in [-0.15, -0.1) is 0 Å². The molecule has 1 aromatic rings. The quantitative estimate of drug-likeness (QED) is 0.873. The van der Waals surface area contributed by atoms with Gasteiger partial charge in [0, 0.05) is 13.1 Å². The smallest absolute Gasteiger partial charge is 0.255 e. The predicted molar refractivity (Wildman–Crippen MR) is 77.9 cm³/mol. The highest BCUT2D eigenvalue weighted by Crippen LogP contribution is 2.22. The maximum atomic E-state index is 12.3. The Hall–Kier alpha value is -1.26. The first-order valence-electron chi connectivity index (χ1n) is 6.38. The molecule has 0 spiro atoms. The van der Waals surface area contributed by atoms with Crippen LogP contribution in [0.25, 0.3) is 0 Å². The molecule has 0 fully saturated rings. The van der Waals surface area contributed by atoms with Gasteiger partial charge in [-0.25, -0.2) is 0 Å². The van der Waals surface area contributed by atoms with E-state index in [2.05, 4.69) is 4.90 Å². The van der Waals surface area contributed by atoms with Crippen molar-refractivity contribution in [3.63, 3.8) is 0 Å². The summed E-state index contributed by atoms with van der Waals surface area (Å²) in [6, 6.07) is 4.43. The zero-order valence-electron chi connectivity index (χ0n) is 11.7. The lowest BCUT2D eigenvalue weighted by atomic mass is 10.1. The second-order valence-corrected chi connectivity index (χ2v) is 5.11. The maximum Gasteiger partial charge on any atom is 0.255 e. The number of carbonyl (C=O) groups excluding carboxylic acids is 1. The molecule has 1 aromatic carbocycles. The standard InChI is InChI=1S/C14H21ClN2O2/c1-4-17(9-5-8-16(2)3)14(19)12-10-11(18)6-7-13(12)15/h6-7,10,18H,4-5,8-9H2,1-3H3. The SMILES string of the molecule is CCN(CCCN(C)C)C(=O)c1cc(O)ccc1Cl. The molecule has 0 unspecified atom stereocenters. The van der Waals surface area contributed by atoms with Gasteiger partial charge in [-0.3, -0.25) is 4.79 Å². The highest BCUT2D eigenvalue weighted by atomic mass is 35.5. The van der Waals surface area contributed by atoms with E-state index < -0.39 is 0 Å². The zero-order valence-corrected chi connectivity index (χ0v) is 12.4. The Morgan fingerprint density at radius 1 is 1.32 bits per heavy atom. The Labute approximate surface area is 119 Å². The summed E-state index contributed by atoms with van der Waals surface area (Å²) in [5.74, 6) is -0.0840. The minimum atomic E-state index is -0.137. The van der Waals surface area contributed by atoms with Gasteiger partial charge in [0.2, 0.25) is 0 Å². The minimum Gasteiger partial charge on any atom is -0.508 e. The Kier molecular flexibility index (Phi) is 6.12. The van der Waals surface area contributed by atoms with Gasteiger partial charge in [0.25, 0.3) is 5.91 Å². The third-order valence-electron chi connectivity index (χ3n) is 2.88. The van der Waals surface area contributed by atoms with Crippen LogP contribution >= 0.6 is 11.6 Å². The van der Waals surface area contributed by atoms with Gasteiger partial charge < -0.3 is 14.9 Å². The molecule has 0 radical (unpaired) electrons. The van der Waals surface area contributed by atoms with Gasteiger partial charge in [-0.05, 0) is 52.2 Å². The van der Waals surface area contributed by atoms with E-state index >= 15 is 0 Å². The summed E-state index contributed by atoms with van der Waals surface area (Å²) in [5.41, 5.74) is 0.355. The molecule has 5 heteroatoms. The van der Waals surface area contributed by atoms with Crippen LogP contribution in [0, 0.1) is 0 Å². The van der Waals surface area contributed by atoms with Crippen molar-refractivity contribution in [2.75, 3.05) is 33.7 Å². The summed E-state index contributed by atoms with van der Waals surface area (Å²) >= 11 is 6.01. The molecule has 4 nitrogen and oxygen atoms in total. The lowest BCUT2D eigenvalue weighted by molar-refractivity contribution is 0.0759. The van der Waals surface area contributed by atoms with E-state index in [1.807, 2.05) is 21.0 Å². The number of hydrogen-bond acceptors (Lipinski definition) is 3. The highest BCUT2D eigenvalue weighted by molar-refractivity contribution is 6.33. The van der Waals surface area contributed by atoms with Crippen LogP contribution in [0.15, 0.2) is 18.2 Å². The second kappa shape index (κ2) is 7.36. The number of nitrogens with zero attached hydrogens (tertiary/aromatic N) is 2. The van der Waals surface area contributed by atoms with E-state index in [0.717, 1.165) is 13.0 Å². The van der Waals surface area contributed by atoms with E-state index in [1.165, 1.54) is 18.2 Å². The molecule has 0 bridgehead atoms. The van der Waals surface area contributed by atoms with Crippen LogP contribution in [0.5, 0.6) is 5.75 Å². The van der Waals surface area contributed by atoms with E-state index in [0.29, 0.717) is 23.7 Å². The summed E-state index contributed by atoms with van der Waals surface area (Å²) in [4.78, 5) is 16.2. The Morgan fingerprint density at radius 3 is 2.58 bits per heavy atom. The second-order valence-electron chi connectivity index (χ2n) is 4.71. The molecule has 106 valence electrons. The topological polar surface area (TPSA) is 43.8 Å². The fourth-order valence-electron chi connectivity index (χ4n) is 1.83. The summed E-state index contributed by atoms with van der Waals surface area (Å²) in [7, 11) is 4.01. The lowest BCUT2D eigenvalue weighted by Gasteiger charge is -2.22. The number of carbonyl (C=O) groups is 1. The molecule has 0 heterocycles. The Morgan fingerprint density at radius 2 is 2.00 bits per heavy atom. The van der Waals surface area contributed by atoms with Crippen molar-refractivity contribution in [3.05, 3.63) is 28.8 Å². The largest absolute Gasteiger partial charge is 0.508 e. The summed E-state index contributed by atoms with van der Waals surface area (Å²) in [5, 5.41) is 9.82.